The summed E-state index contributed by atoms with van der Waals surface area (Å²) in [4.78, 5) is 5.10. The summed E-state index contributed by atoms with van der Waals surface area (Å²) in [6.45, 7) is 0. The van der Waals surface area contributed by atoms with Gasteiger partial charge in [-0.3, -0.25) is 4.57 Å². The normalized spacial score (nSPS) is 13.7. The number of hydrogen-bond acceptors (Lipinski definition) is 1. The average molecular weight is 580 g/mol. The van der Waals surface area contributed by atoms with Gasteiger partial charge in [0, 0.05) is 11.3 Å². The monoisotopic (exact) mass is 579 g/mol. The first kappa shape index (κ1) is 19.3. The molecule has 9 aromatic rings. The minimum atomic E-state index is -0.487. The topological polar surface area (TPSA) is 17.8 Å². The van der Waals surface area contributed by atoms with Crippen LogP contribution in [0, 0.1) is 0 Å². The summed E-state index contributed by atoms with van der Waals surface area (Å²) in [6, 6.07) is 39.7. The van der Waals surface area contributed by atoms with Crippen molar-refractivity contribution in [2.24, 2.45) is 0 Å². The van der Waals surface area contributed by atoms with Crippen LogP contribution in [0.15, 0.2) is 170 Å². The lowest BCUT2D eigenvalue weighted by atomic mass is 9.85. The van der Waals surface area contributed by atoms with E-state index in [2.05, 4.69) is 41.0 Å². The van der Waals surface area contributed by atoms with Gasteiger partial charge in [0.25, 0.3) is 0 Å². The molecule has 0 radical (unpaired) electrons. The van der Waals surface area contributed by atoms with Gasteiger partial charge in [-0.15, -0.1) is 0 Å². The number of fused-ring (bicyclic) bond motifs is 4. The van der Waals surface area contributed by atoms with Gasteiger partial charge in [-0.1, -0.05) is 133 Å². The minimum Gasteiger partial charge on any atom is -0.292 e. The highest BCUT2D eigenvalue weighted by molar-refractivity contribution is 6.21. The molecule has 0 saturated carbocycles. The lowest BCUT2D eigenvalue weighted by Gasteiger charge is -2.18. The first-order valence-corrected chi connectivity index (χ1v) is 14.8. The predicted molar refractivity (Wildman–Crippen MR) is 190 cm³/mol. The molecule has 0 atom stereocenters. The van der Waals surface area contributed by atoms with Crippen molar-refractivity contribution in [1.29, 1.82) is 0 Å². The van der Waals surface area contributed by atoms with E-state index in [9.17, 15) is 2.74 Å². The van der Waals surface area contributed by atoms with E-state index >= 15 is 0 Å². The number of para-hydroxylation sites is 3. The maximum atomic E-state index is 9.39. The van der Waals surface area contributed by atoms with Gasteiger partial charge in [-0.05, 0) is 90.9 Å². The second-order valence-electron chi connectivity index (χ2n) is 11.0. The van der Waals surface area contributed by atoms with Crippen LogP contribution in [0.3, 0.4) is 0 Å². The first-order valence-electron chi connectivity index (χ1n) is 18.3. The third-order valence-electron chi connectivity index (χ3n) is 8.42. The summed E-state index contributed by atoms with van der Waals surface area (Å²) in [5.41, 5.74) is 6.48. The van der Waals surface area contributed by atoms with E-state index < -0.39 is 18.1 Å². The van der Waals surface area contributed by atoms with Crippen LogP contribution in [-0.2, 0) is 0 Å². The second kappa shape index (κ2) is 10.3. The van der Waals surface area contributed by atoms with Crippen LogP contribution in [0.5, 0.6) is 0 Å². The van der Waals surface area contributed by atoms with E-state index in [1.165, 1.54) is 0 Å². The van der Waals surface area contributed by atoms with Crippen molar-refractivity contribution < 1.29 is 9.60 Å². The van der Waals surface area contributed by atoms with Gasteiger partial charge in [0.1, 0.15) is 5.82 Å². The average Bonchev–Trinajstić information content (AvgIpc) is 3.57. The summed E-state index contributed by atoms with van der Waals surface area (Å²) in [6.07, 6.45) is 0. The van der Waals surface area contributed by atoms with Crippen molar-refractivity contribution in [2.75, 3.05) is 0 Å². The number of hydrogen-bond donors (Lipinski definition) is 0. The Morgan fingerprint density at radius 3 is 1.82 bits per heavy atom. The molecule has 0 aliphatic carbocycles. The smallest absolute Gasteiger partial charge is 0.145 e. The highest BCUT2D eigenvalue weighted by Gasteiger charge is 2.19. The van der Waals surface area contributed by atoms with Crippen molar-refractivity contribution in [3.8, 4) is 39.3 Å². The molecule has 0 N–H and O–H groups in total. The molecule has 2 heteroatoms. The maximum absolute atomic E-state index is 9.39. The number of aromatic nitrogens is 2. The zero-order valence-electron chi connectivity index (χ0n) is 31.0. The Bertz CT molecular complexity index is 2880. The molecule has 1 aromatic heterocycles. The van der Waals surface area contributed by atoms with Crippen molar-refractivity contribution in [2.45, 2.75) is 0 Å². The van der Waals surface area contributed by atoms with E-state index in [1.54, 1.807) is 0 Å². The van der Waals surface area contributed by atoms with E-state index in [4.69, 9.17) is 11.8 Å². The largest absolute Gasteiger partial charge is 0.292 e. The first-order chi connectivity index (χ1) is 25.3. The maximum Gasteiger partial charge on any atom is 0.145 e. The zero-order chi connectivity index (χ0) is 35.8. The molecule has 210 valence electrons. The molecule has 1 heterocycles. The fourth-order valence-electron chi connectivity index (χ4n) is 6.49. The van der Waals surface area contributed by atoms with Crippen LogP contribution >= 0.6 is 0 Å². The van der Waals surface area contributed by atoms with Crippen molar-refractivity contribution in [3.05, 3.63) is 170 Å². The van der Waals surface area contributed by atoms with Crippen LogP contribution in [0.1, 0.15) is 9.60 Å². The summed E-state index contributed by atoms with van der Waals surface area (Å²) < 4.78 is 63.5. The van der Waals surface area contributed by atoms with E-state index in [0.29, 0.717) is 5.56 Å². The fourth-order valence-corrected chi connectivity index (χ4v) is 6.49. The molecule has 0 unspecified atom stereocenters. The Balaban J connectivity index is 1.35. The van der Waals surface area contributed by atoms with Crippen molar-refractivity contribution >= 4 is 43.4 Å². The summed E-state index contributed by atoms with van der Waals surface area (Å²) in [5.74, 6) is 0.806. The number of nitrogens with zero attached hydrogens (tertiary/aromatic N) is 2. The Morgan fingerprint density at radius 2 is 1.09 bits per heavy atom. The van der Waals surface area contributed by atoms with Crippen LogP contribution in [-0.4, -0.2) is 9.55 Å². The summed E-state index contributed by atoms with van der Waals surface area (Å²) in [7, 11) is 0. The molecule has 0 saturated heterocycles. The van der Waals surface area contributed by atoms with Crippen molar-refractivity contribution in [1.82, 2.24) is 9.55 Å². The minimum absolute atomic E-state index is 0.0618. The van der Waals surface area contributed by atoms with E-state index in [1.807, 2.05) is 91.0 Å². The SMILES string of the molecule is [2H]c1c([2H])c([2H])c2c([2H])c(-c3c4ccccc4c(-c4cccc(-c5nc6ccccc6n5-c5ccccc5)c4)c4ccccc34)c([2H])c([2H])c2c1[2H]. The molecule has 0 amide bonds. The molecule has 9 rings (SSSR count). The molecule has 45 heavy (non-hydrogen) atoms. The summed E-state index contributed by atoms with van der Waals surface area (Å²) >= 11 is 0. The highest BCUT2D eigenvalue weighted by atomic mass is 15.1. The standard InChI is InChI=1S/C43H28N2/c1-2-17-34(18-3-1)45-40-24-11-10-23-39(40)44-43(45)33-16-12-15-31(28-33)41-35-19-6-8-21-37(35)42(38-22-9-7-20-36(38)41)32-26-25-29-13-4-5-14-30(29)27-32/h1-28H/i4D,5D,13D,14D,25D,26D,27D. The Labute approximate surface area is 271 Å². The van der Waals surface area contributed by atoms with Crippen LogP contribution < -0.4 is 0 Å². The van der Waals surface area contributed by atoms with Crippen LogP contribution in [0.25, 0.3) is 82.7 Å². The number of imidazole rings is 1. The molecule has 0 aliphatic rings. The zero-order valence-corrected chi connectivity index (χ0v) is 24.0. The molecule has 0 fully saturated rings. The third-order valence-corrected chi connectivity index (χ3v) is 8.42. The van der Waals surface area contributed by atoms with Gasteiger partial charge in [0.15, 0.2) is 0 Å². The molecule has 0 bridgehead atoms. The lowest BCUT2D eigenvalue weighted by Crippen LogP contribution is -1.97. The molecule has 2 nitrogen and oxygen atoms in total. The molecular weight excluding hydrogens is 544 g/mol. The number of rotatable bonds is 4. The van der Waals surface area contributed by atoms with Gasteiger partial charge in [0.05, 0.1) is 20.6 Å². The van der Waals surface area contributed by atoms with E-state index in [-0.39, 0.29) is 40.5 Å². The van der Waals surface area contributed by atoms with Gasteiger partial charge in [-0.25, -0.2) is 4.98 Å². The van der Waals surface area contributed by atoms with Crippen LogP contribution in [0.2, 0.25) is 0 Å². The summed E-state index contributed by atoms with van der Waals surface area (Å²) in [5, 5.41) is 3.11. The predicted octanol–water partition coefficient (Wildman–Crippen LogP) is 11.5. The fraction of sp³-hybridized carbons (Fsp3) is 0. The highest BCUT2D eigenvalue weighted by Crippen LogP contribution is 2.44. The molecule has 0 aliphatic heterocycles. The van der Waals surface area contributed by atoms with Crippen molar-refractivity contribution in [3.63, 3.8) is 0 Å². The third kappa shape index (κ3) is 4.15. The van der Waals surface area contributed by atoms with Gasteiger partial charge < -0.3 is 0 Å². The quantitative estimate of drug-likeness (QED) is 0.190. The van der Waals surface area contributed by atoms with Crippen LogP contribution in [0.4, 0.5) is 0 Å². The Hall–Kier alpha value is -5.99. The second-order valence-corrected chi connectivity index (χ2v) is 11.0. The number of benzene rings is 8. The van der Waals surface area contributed by atoms with E-state index in [0.717, 1.165) is 60.8 Å². The van der Waals surface area contributed by atoms with Gasteiger partial charge in [0.2, 0.25) is 0 Å². The molecular formula is C43H28N2. The Kier molecular flexibility index (Phi) is 4.43. The van der Waals surface area contributed by atoms with Gasteiger partial charge >= 0.3 is 0 Å². The van der Waals surface area contributed by atoms with Gasteiger partial charge in [-0.2, -0.15) is 0 Å². The lowest BCUT2D eigenvalue weighted by molar-refractivity contribution is 1.10. The Morgan fingerprint density at radius 1 is 0.489 bits per heavy atom. The molecule has 0 spiro atoms. The molecule has 8 aromatic carbocycles.